The Kier molecular flexibility index (Phi) is 6.01. The molecule has 130 valence electrons. The van der Waals surface area contributed by atoms with E-state index in [4.69, 9.17) is 9.05 Å². The van der Waals surface area contributed by atoms with Gasteiger partial charge < -0.3 is 9.05 Å². The molecule has 0 bridgehead atoms. The fourth-order valence-electron chi connectivity index (χ4n) is 2.63. The first kappa shape index (κ1) is 19.0. The van der Waals surface area contributed by atoms with E-state index in [2.05, 4.69) is 0 Å². The summed E-state index contributed by atoms with van der Waals surface area (Å²) in [5.74, 6) is 0. The van der Waals surface area contributed by atoms with Crippen LogP contribution in [0.4, 0.5) is 0 Å². The van der Waals surface area contributed by atoms with Crippen molar-refractivity contribution >= 4 is 29.2 Å². The van der Waals surface area contributed by atoms with E-state index in [1.54, 1.807) is 32.2 Å². The molecule has 0 amide bonds. The first-order valence-corrected chi connectivity index (χ1v) is 11.8. The molecule has 1 aliphatic carbocycles. The lowest BCUT2D eigenvalue weighted by atomic mass is 10.2. The van der Waals surface area contributed by atoms with Crippen molar-refractivity contribution in [2.24, 2.45) is 0 Å². The van der Waals surface area contributed by atoms with Crippen LogP contribution in [0.3, 0.4) is 0 Å². The Bertz CT molecular complexity index is 650. The van der Waals surface area contributed by atoms with Crippen LogP contribution >= 0.6 is 7.60 Å². The molecule has 1 aliphatic rings. The maximum absolute atomic E-state index is 13.3. The summed E-state index contributed by atoms with van der Waals surface area (Å²) in [5.41, 5.74) is 1.05. The van der Waals surface area contributed by atoms with Gasteiger partial charge in [-0.15, -0.1) is 0 Å². The Morgan fingerprint density at radius 1 is 1.17 bits per heavy atom. The second-order valence-corrected chi connectivity index (χ2v) is 11.4. The molecule has 0 saturated heterocycles. The van der Waals surface area contributed by atoms with Crippen molar-refractivity contribution in [1.29, 1.82) is 0 Å². The molecule has 1 fully saturated rings. The van der Waals surface area contributed by atoms with Gasteiger partial charge in [0.2, 0.25) is 0 Å². The van der Waals surface area contributed by atoms with Crippen molar-refractivity contribution in [3.63, 3.8) is 0 Å². The maximum atomic E-state index is 13.3. The average Bonchev–Trinajstić information content (AvgIpc) is 3.25. The molecule has 1 saturated carbocycles. The second-order valence-electron chi connectivity index (χ2n) is 5.45. The molecule has 2 rings (SSSR count). The third-order valence-corrected chi connectivity index (χ3v) is 11.1. The van der Waals surface area contributed by atoms with E-state index in [1.807, 2.05) is 19.1 Å². The van der Waals surface area contributed by atoms with Gasteiger partial charge in [-0.05, 0) is 39.3 Å². The molecule has 0 spiro atoms. The first-order chi connectivity index (χ1) is 10.8. The van der Waals surface area contributed by atoms with Gasteiger partial charge in [-0.1, -0.05) is 17.7 Å². The van der Waals surface area contributed by atoms with Gasteiger partial charge in [0.1, 0.15) is 0 Å². The number of hydrogen-bond donors (Lipinski definition) is 0. The maximum Gasteiger partial charge on any atom is 0.350 e. The summed E-state index contributed by atoms with van der Waals surface area (Å²) in [4.78, 5) is 0.559. The zero-order valence-electron chi connectivity index (χ0n) is 13.8. The predicted molar refractivity (Wildman–Crippen MR) is 93.6 cm³/mol. The van der Waals surface area contributed by atoms with Crippen molar-refractivity contribution in [2.75, 3.05) is 19.5 Å². The number of aryl methyl sites for hydroxylation is 1. The van der Waals surface area contributed by atoms with E-state index >= 15 is 0 Å². The summed E-state index contributed by atoms with van der Waals surface area (Å²) in [6.07, 6.45) is 1.86. The highest BCUT2D eigenvalue weighted by Crippen LogP contribution is 2.74. The quantitative estimate of drug-likeness (QED) is 0.650. The third kappa shape index (κ3) is 3.40. The minimum absolute atomic E-state index is 0.188. The van der Waals surface area contributed by atoms with Gasteiger partial charge in [-0.2, -0.15) is 0 Å². The topological polar surface area (TPSA) is 69.7 Å². The lowest BCUT2D eigenvalue weighted by Crippen LogP contribution is -2.26. The zero-order valence-corrected chi connectivity index (χ0v) is 16.3. The van der Waals surface area contributed by atoms with E-state index in [0.29, 0.717) is 11.3 Å². The van der Waals surface area contributed by atoms with Crippen molar-refractivity contribution in [3.8, 4) is 0 Å². The SMILES string of the molecule is CCOP(=O)(OCC)[C@@]1([S@@](=O)c2ccc(C)cc2)C[C@H]1[S@](C)=O. The summed E-state index contributed by atoms with van der Waals surface area (Å²) in [5, 5.41) is -0.450. The molecule has 0 heterocycles. The molecule has 8 heteroatoms. The van der Waals surface area contributed by atoms with Crippen molar-refractivity contribution in [2.45, 2.75) is 41.8 Å². The molecule has 0 unspecified atom stereocenters. The molecule has 1 aromatic carbocycles. The summed E-state index contributed by atoms with van der Waals surface area (Å²) >= 11 is 0. The van der Waals surface area contributed by atoms with Crippen molar-refractivity contribution < 1.29 is 22.0 Å². The lowest BCUT2D eigenvalue weighted by molar-refractivity contribution is 0.216. The smallest absolute Gasteiger partial charge is 0.308 e. The molecule has 0 radical (unpaired) electrons. The monoisotopic (exact) mass is 378 g/mol. The Morgan fingerprint density at radius 3 is 2.09 bits per heavy atom. The van der Waals surface area contributed by atoms with Crippen LogP contribution < -0.4 is 0 Å². The van der Waals surface area contributed by atoms with Gasteiger partial charge in [0.15, 0.2) is 4.49 Å². The number of benzene rings is 1. The molecule has 0 aliphatic heterocycles. The standard InChI is InChI=1S/C15H23O5PS2/c1-5-19-21(16,20-6-2)15(11-14(15)22(4)17)23(18)13-9-7-12(3)8-10-13/h7-10,14H,5-6,11H2,1-4H3/t14-,15-,22+,23+/m1/s1. The predicted octanol–water partition coefficient (Wildman–Crippen LogP) is 3.22. The van der Waals surface area contributed by atoms with Gasteiger partial charge in [0.05, 0.1) is 29.3 Å². The van der Waals surface area contributed by atoms with Crippen LogP contribution in [0.25, 0.3) is 0 Å². The highest BCUT2D eigenvalue weighted by Gasteiger charge is 2.74. The molecule has 0 aromatic heterocycles. The van der Waals surface area contributed by atoms with Gasteiger partial charge in [0, 0.05) is 22.0 Å². The van der Waals surface area contributed by atoms with Crippen LogP contribution in [0.2, 0.25) is 0 Å². The molecular formula is C15H23O5PS2. The minimum Gasteiger partial charge on any atom is -0.308 e. The summed E-state index contributed by atoms with van der Waals surface area (Å²) in [6.45, 7) is 5.75. The largest absolute Gasteiger partial charge is 0.350 e. The minimum atomic E-state index is -3.65. The molecule has 5 nitrogen and oxygen atoms in total. The van der Waals surface area contributed by atoms with Crippen LogP contribution in [-0.4, -0.2) is 37.6 Å². The van der Waals surface area contributed by atoms with Crippen LogP contribution in [0.5, 0.6) is 0 Å². The first-order valence-electron chi connectivity index (χ1n) is 7.52. The van der Waals surface area contributed by atoms with Crippen LogP contribution in [0.15, 0.2) is 29.2 Å². The van der Waals surface area contributed by atoms with Crippen molar-refractivity contribution in [1.82, 2.24) is 0 Å². The second kappa shape index (κ2) is 7.28. The average molecular weight is 378 g/mol. The Morgan fingerprint density at radius 2 is 1.70 bits per heavy atom. The normalized spacial score (nSPS) is 26.7. The highest BCUT2D eigenvalue weighted by atomic mass is 32.2. The molecule has 0 N–H and O–H groups in total. The van der Waals surface area contributed by atoms with Gasteiger partial charge in [-0.25, -0.2) is 0 Å². The molecule has 4 atom stereocenters. The summed E-state index contributed by atoms with van der Waals surface area (Å²) in [7, 11) is -6.52. The van der Waals surface area contributed by atoms with E-state index in [0.717, 1.165) is 5.56 Å². The Labute approximate surface area is 142 Å². The fourth-order valence-corrected chi connectivity index (χ4v) is 10.1. The van der Waals surface area contributed by atoms with E-state index in [1.165, 1.54) is 0 Å². The van der Waals surface area contributed by atoms with E-state index in [-0.39, 0.29) is 13.2 Å². The Hall–Kier alpha value is -0.330. The van der Waals surface area contributed by atoms with Crippen LogP contribution in [-0.2, 0) is 35.2 Å². The van der Waals surface area contributed by atoms with Crippen LogP contribution in [0.1, 0.15) is 25.8 Å². The van der Waals surface area contributed by atoms with Crippen molar-refractivity contribution in [3.05, 3.63) is 29.8 Å². The van der Waals surface area contributed by atoms with Gasteiger partial charge in [-0.3, -0.25) is 13.0 Å². The fraction of sp³-hybridized carbons (Fsp3) is 0.600. The molecular weight excluding hydrogens is 355 g/mol. The molecule has 23 heavy (non-hydrogen) atoms. The van der Waals surface area contributed by atoms with E-state index in [9.17, 15) is 13.0 Å². The molecule has 1 aromatic rings. The zero-order chi connectivity index (χ0) is 17.3. The highest BCUT2D eigenvalue weighted by molar-refractivity contribution is 7.98. The van der Waals surface area contributed by atoms with Crippen LogP contribution in [0, 0.1) is 6.92 Å². The number of rotatable bonds is 8. The summed E-state index contributed by atoms with van der Waals surface area (Å²) in [6, 6.07) is 7.22. The van der Waals surface area contributed by atoms with E-state index < -0.39 is 38.9 Å². The number of hydrogen-bond acceptors (Lipinski definition) is 5. The summed E-state index contributed by atoms with van der Waals surface area (Å²) < 4.78 is 48.2. The van der Waals surface area contributed by atoms with Gasteiger partial charge >= 0.3 is 7.60 Å². The van der Waals surface area contributed by atoms with Gasteiger partial charge in [0.25, 0.3) is 0 Å². The lowest BCUT2D eigenvalue weighted by Gasteiger charge is -2.26. The Balaban J connectivity index is 2.48. The third-order valence-electron chi connectivity index (χ3n) is 3.84.